The number of hydrogen-bond acceptors (Lipinski definition) is 4. The minimum absolute atomic E-state index is 0.198. The average molecular weight is 265 g/mol. The number of carbonyl (C=O) groups excluding carboxylic acids is 1. The van der Waals surface area contributed by atoms with E-state index in [-0.39, 0.29) is 23.3 Å². The summed E-state index contributed by atoms with van der Waals surface area (Å²) in [4.78, 5) is 22.7. The molecule has 6 nitrogen and oxygen atoms in total. The molecule has 0 unspecified atom stereocenters. The first-order valence-electron chi connectivity index (χ1n) is 6.53. The Labute approximate surface area is 111 Å². The molecule has 2 heterocycles. The van der Waals surface area contributed by atoms with Crippen LogP contribution in [0, 0.1) is 11.8 Å². The van der Waals surface area contributed by atoms with Crippen molar-refractivity contribution in [2.45, 2.75) is 26.4 Å². The summed E-state index contributed by atoms with van der Waals surface area (Å²) in [6.45, 7) is 5.56. The summed E-state index contributed by atoms with van der Waals surface area (Å²) >= 11 is 0. The third-order valence-electron chi connectivity index (χ3n) is 3.36. The predicted octanol–water partition coefficient (Wildman–Crippen LogP) is 0.561. The van der Waals surface area contributed by atoms with Gasteiger partial charge in [-0.2, -0.15) is 5.10 Å². The second-order valence-electron chi connectivity index (χ2n) is 5.14. The Balaban J connectivity index is 1.90. The van der Waals surface area contributed by atoms with Gasteiger partial charge < -0.3 is 10.1 Å². The van der Waals surface area contributed by atoms with E-state index in [0.717, 1.165) is 13.0 Å². The molecule has 2 N–H and O–H groups in total. The molecular formula is C13H19N3O3. The molecule has 1 saturated heterocycles. The van der Waals surface area contributed by atoms with Gasteiger partial charge >= 0.3 is 0 Å². The SMILES string of the molecule is CC(C)[C@H]1OCC[C@@H]1CNC(=O)c1ccc(=O)[nH]n1. The van der Waals surface area contributed by atoms with Crippen LogP contribution in [0.25, 0.3) is 0 Å². The van der Waals surface area contributed by atoms with Gasteiger partial charge in [0.2, 0.25) is 0 Å². The average Bonchev–Trinajstić information content (AvgIpc) is 2.85. The van der Waals surface area contributed by atoms with Gasteiger partial charge in [0, 0.05) is 25.1 Å². The Hall–Kier alpha value is -1.69. The summed E-state index contributed by atoms with van der Waals surface area (Å²) in [5.74, 6) is 0.507. The molecule has 1 aromatic rings. The number of aromatic amines is 1. The molecule has 1 fully saturated rings. The van der Waals surface area contributed by atoms with Crippen molar-refractivity contribution in [1.82, 2.24) is 15.5 Å². The Morgan fingerprint density at radius 3 is 3.00 bits per heavy atom. The van der Waals surface area contributed by atoms with Crippen molar-refractivity contribution in [2.24, 2.45) is 11.8 Å². The highest BCUT2D eigenvalue weighted by Crippen LogP contribution is 2.26. The molecular weight excluding hydrogens is 246 g/mol. The molecule has 104 valence electrons. The highest BCUT2D eigenvalue weighted by atomic mass is 16.5. The smallest absolute Gasteiger partial charge is 0.271 e. The van der Waals surface area contributed by atoms with E-state index in [9.17, 15) is 9.59 Å². The van der Waals surface area contributed by atoms with Crippen molar-refractivity contribution in [1.29, 1.82) is 0 Å². The van der Waals surface area contributed by atoms with E-state index in [2.05, 4.69) is 29.4 Å². The Morgan fingerprint density at radius 2 is 2.37 bits per heavy atom. The van der Waals surface area contributed by atoms with Crippen LogP contribution in [0.5, 0.6) is 0 Å². The Bertz CT molecular complexity index is 478. The lowest BCUT2D eigenvalue weighted by Crippen LogP contribution is -2.35. The van der Waals surface area contributed by atoms with Crippen molar-refractivity contribution < 1.29 is 9.53 Å². The van der Waals surface area contributed by atoms with Crippen molar-refractivity contribution in [3.8, 4) is 0 Å². The van der Waals surface area contributed by atoms with Crippen molar-refractivity contribution in [3.05, 3.63) is 28.2 Å². The quantitative estimate of drug-likeness (QED) is 0.833. The highest BCUT2D eigenvalue weighted by molar-refractivity contribution is 5.91. The summed E-state index contributed by atoms with van der Waals surface area (Å²) in [5, 5.41) is 8.78. The number of hydrogen-bond donors (Lipinski definition) is 2. The van der Waals surface area contributed by atoms with Crippen LogP contribution in [0.1, 0.15) is 30.8 Å². The lowest BCUT2D eigenvalue weighted by atomic mass is 9.93. The molecule has 2 atom stereocenters. The first-order valence-corrected chi connectivity index (χ1v) is 6.53. The normalized spacial score (nSPS) is 22.7. The molecule has 0 radical (unpaired) electrons. The molecule has 19 heavy (non-hydrogen) atoms. The molecule has 1 aliphatic rings. The molecule has 1 amide bonds. The molecule has 0 aliphatic carbocycles. The molecule has 0 aromatic carbocycles. The van der Waals surface area contributed by atoms with Gasteiger partial charge in [0.05, 0.1) is 6.10 Å². The maximum Gasteiger partial charge on any atom is 0.271 e. The molecule has 1 aliphatic heterocycles. The van der Waals surface area contributed by atoms with Crippen LogP contribution >= 0.6 is 0 Å². The predicted molar refractivity (Wildman–Crippen MR) is 69.9 cm³/mol. The van der Waals surface area contributed by atoms with Crippen LogP contribution in [0.2, 0.25) is 0 Å². The summed E-state index contributed by atoms with van der Waals surface area (Å²) in [5.41, 5.74) is -0.0970. The van der Waals surface area contributed by atoms with Crippen molar-refractivity contribution in [2.75, 3.05) is 13.2 Å². The molecule has 0 bridgehead atoms. The monoisotopic (exact) mass is 265 g/mol. The molecule has 1 aromatic heterocycles. The summed E-state index contributed by atoms with van der Waals surface area (Å²) < 4.78 is 5.67. The van der Waals surface area contributed by atoms with E-state index < -0.39 is 0 Å². The Kier molecular flexibility index (Phi) is 4.31. The minimum Gasteiger partial charge on any atom is -0.378 e. The fourth-order valence-electron chi connectivity index (χ4n) is 2.40. The van der Waals surface area contributed by atoms with E-state index in [1.54, 1.807) is 0 Å². The lowest BCUT2D eigenvalue weighted by molar-refractivity contribution is 0.0533. The summed E-state index contributed by atoms with van der Waals surface area (Å²) in [7, 11) is 0. The zero-order valence-electron chi connectivity index (χ0n) is 11.2. The van der Waals surface area contributed by atoms with Gasteiger partial charge in [0.15, 0.2) is 0 Å². The maximum atomic E-state index is 11.9. The molecule has 2 rings (SSSR count). The number of H-pyrrole nitrogens is 1. The van der Waals surface area contributed by atoms with E-state index in [1.807, 2.05) is 0 Å². The van der Waals surface area contributed by atoms with Crippen LogP contribution in [0.3, 0.4) is 0 Å². The fourth-order valence-corrected chi connectivity index (χ4v) is 2.40. The molecule has 6 heteroatoms. The summed E-state index contributed by atoms with van der Waals surface area (Å²) in [6, 6.07) is 2.71. The van der Waals surface area contributed by atoms with Crippen LogP contribution in [0.4, 0.5) is 0 Å². The van der Waals surface area contributed by atoms with Gasteiger partial charge in [0.1, 0.15) is 5.69 Å². The first-order chi connectivity index (χ1) is 9.08. The largest absolute Gasteiger partial charge is 0.378 e. The van der Waals surface area contributed by atoms with Gasteiger partial charge in [-0.1, -0.05) is 13.8 Å². The number of nitrogens with zero attached hydrogens (tertiary/aromatic N) is 1. The third-order valence-corrected chi connectivity index (χ3v) is 3.36. The van der Waals surface area contributed by atoms with Crippen LogP contribution in [-0.4, -0.2) is 35.4 Å². The number of ether oxygens (including phenoxy) is 1. The first kappa shape index (κ1) is 13.7. The number of aromatic nitrogens is 2. The van der Waals surface area contributed by atoms with Gasteiger partial charge in [-0.15, -0.1) is 0 Å². The molecule has 0 saturated carbocycles. The second-order valence-corrected chi connectivity index (χ2v) is 5.14. The third kappa shape index (κ3) is 3.41. The summed E-state index contributed by atoms with van der Waals surface area (Å²) in [6.07, 6.45) is 1.16. The van der Waals surface area contributed by atoms with Crippen LogP contribution < -0.4 is 10.9 Å². The standard InChI is InChI=1S/C13H19N3O3/c1-8(2)12-9(5-6-19-12)7-14-13(18)10-3-4-11(17)16-15-10/h3-4,8-9,12H,5-7H2,1-2H3,(H,14,18)(H,16,17)/t9-,12-/m1/s1. The Morgan fingerprint density at radius 1 is 1.58 bits per heavy atom. The number of carbonyl (C=O) groups is 1. The van der Waals surface area contributed by atoms with Crippen molar-refractivity contribution in [3.63, 3.8) is 0 Å². The van der Waals surface area contributed by atoms with Crippen molar-refractivity contribution >= 4 is 5.91 Å². The highest BCUT2D eigenvalue weighted by Gasteiger charge is 2.30. The maximum absolute atomic E-state index is 11.9. The van der Waals surface area contributed by atoms with E-state index >= 15 is 0 Å². The van der Waals surface area contributed by atoms with E-state index in [0.29, 0.717) is 18.4 Å². The van der Waals surface area contributed by atoms with Gasteiger partial charge in [-0.25, -0.2) is 5.10 Å². The zero-order chi connectivity index (χ0) is 13.8. The number of rotatable bonds is 4. The second kappa shape index (κ2) is 5.97. The van der Waals surface area contributed by atoms with E-state index in [4.69, 9.17) is 4.74 Å². The lowest BCUT2D eigenvalue weighted by Gasteiger charge is -2.22. The van der Waals surface area contributed by atoms with E-state index in [1.165, 1.54) is 12.1 Å². The zero-order valence-corrected chi connectivity index (χ0v) is 11.2. The van der Waals surface area contributed by atoms with Crippen LogP contribution in [0.15, 0.2) is 16.9 Å². The molecule has 0 spiro atoms. The number of amides is 1. The number of nitrogens with one attached hydrogen (secondary N) is 2. The van der Waals surface area contributed by atoms with Gasteiger partial charge in [-0.3, -0.25) is 9.59 Å². The topological polar surface area (TPSA) is 84.1 Å². The minimum atomic E-state index is -0.319. The fraction of sp³-hybridized carbons (Fsp3) is 0.615. The van der Waals surface area contributed by atoms with Crippen LogP contribution in [-0.2, 0) is 4.74 Å². The van der Waals surface area contributed by atoms with Gasteiger partial charge in [-0.05, 0) is 18.4 Å². The van der Waals surface area contributed by atoms with Gasteiger partial charge in [0.25, 0.3) is 11.5 Å².